The van der Waals surface area contributed by atoms with Gasteiger partial charge in [-0.25, -0.2) is 29.9 Å². The molecule has 2 atom stereocenters. The monoisotopic (exact) mass is 980 g/mol. The average molecular weight is 981 g/mol. The smallest absolute Gasteiger partial charge is 0.164 e. The summed E-state index contributed by atoms with van der Waals surface area (Å²) in [7, 11) is 0. The van der Waals surface area contributed by atoms with E-state index in [0.29, 0.717) is 34.9 Å². The first-order valence-corrected chi connectivity index (χ1v) is 26.6. The summed E-state index contributed by atoms with van der Waals surface area (Å²) >= 11 is 3.55. The van der Waals surface area contributed by atoms with E-state index in [0.717, 1.165) is 33.4 Å². The minimum Gasteiger partial charge on any atom is -0.208 e. The Balaban J connectivity index is 0.812. The predicted molar refractivity (Wildman–Crippen MR) is 302 cm³/mol. The van der Waals surface area contributed by atoms with Crippen LogP contribution in [-0.4, -0.2) is 29.9 Å². The van der Waals surface area contributed by atoms with Crippen LogP contribution in [0.1, 0.15) is 45.2 Å². The van der Waals surface area contributed by atoms with E-state index in [2.05, 4.69) is 193 Å². The highest BCUT2D eigenvalue weighted by atomic mass is 32.1. The van der Waals surface area contributed by atoms with Gasteiger partial charge in [0, 0.05) is 76.5 Å². The van der Waals surface area contributed by atoms with Crippen molar-refractivity contribution in [1.82, 2.24) is 29.9 Å². The van der Waals surface area contributed by atoms with Gasteiger partial charge in [-0.15, -0.1) is 22.7 Å². The number of nitrogens with zero attached hydrogens (tertiary/aromatic N) is 6. The van der Waals surface area contributed by atoms with Crippen LogP contribution in [0.5, 0.6) is 0 Å². The van der Waals surface area contributed by atoms with Crippen LogP contribution in [-0.2, 0) is 0 Å². The molecule has 6 nitrogen and oxygen atoms in total. The lowest BCUT2D eigenvalue weighted by molar-refractivity contribution is 0.754. The molecular formula is C66H40N6S2. The normalized spacial score (nSPS) is 14.2. The fourth-order valence-electron chi connectivity index (χ4n) is 11.2. The van der Waals surface area contributed by atoms with Crippen LogP contribution in [0.25, 0.3) is 111 Å². The van der Waals surface area contributed by atoms with E-state index in [9.17, 15) is 0 Å². The number of thiophene rings is 2. The maximum atomic E-state index is 5.23. The minimum atomic E-state index is 0.0125. The van der Waals surface area contributed by atoms with Crippen molar-refractivity contribution >= 4 is 42.8 Å². The molecule has 8 heteroatoms. The first-order valence-electron chi connectivity index (χ1n) is 24.8. The standard InChI is InChI=1S/C66H40N6S2/c1-3-13-41(14-4-1)61-67-63(43-27-23-39(24-28-43)55-37-73-57-21-11-9-17-47(55)57)71-65(69-61)45-31-33-51-53(35-45)59-49-19-7-8-20-50(49)60(51)54-36-46(32-34-52(54)59)66-70-62(42-15-5-2-6-16-42)68-64(72-66)44-29-25-40(26-30-44)56-38-74-58-22-12-10-18-48(56)58/h1-38,59-60H. The van der Waals surface area contributed by atoms with Gasteiger partial charge in [0.05, 0.1) is 0 Å². The highest BCUT2D eigenvalue weighted by Gasteiger charge is 2.41. The maximum Gasteiger partial charge on any atom is 0.164 e. The van der Waals surface area contributed by atoms with E-state index < -0.39 is 0 Å². The van der Waals surface area contributed by atoms with Crippen molar-refractivity contribution in [3.8, 4) is 90.6 Å². The van der Waals surface area contributed by atoms with Gasteiger partial charge in [0.15, 0.2) is 34.9 Å². The lowest BCUT2D eigenvalue weighted by Gasteiger charge is -2.42. The molecule has 0 radical (unpaired) electrons. The molecule has 13 aromatic rings. The fraction of sp³-hybridized carbons (Fsp3) is 0.0303. The fourth-order valence-corrected chi connectivity index (χ4v) is 13.1. The molecule has 16 rings (SSSR count). The van der Waals surface area contributed by atoms with Crippen molar-refractivity contribution in [2.24, 2.45) is 0 Å². The summed E-state index contributed by atoms with van der Waals surface area (Å²) in [5.74, 6) is 3.87. The zero-order valence-electron chi connectivity index (χ0n) is 39.6. The minimum absolute atomic E-state index is 0.0125. The van der Waals surface area contributed by atoms with Crippen LogP contribution < -0.4 is 0 Å². The summed E-state index contributed by atoms with van der Waals surface area (Å²) in [6.07, 6.45) is 0. The van der Waals surface area contributed by atoms with E-state index in [4.69, 9.17) is 29.9 Å². The molecule has 0 aliphatic heterocycles. The van der Waals surface area contributed by atoms with Gasteiger partial charge in [-0.05, 0) is 79.5 Å². The zero-order valence-corrected chi connectivity index (χ0v) is 41.2. The van der Waals surface area contributed by atoms with Crippen molar-refractivity contribution in [3.05, 3.63) is 263 Å². The second-order valence-electron chi connectivity index (χ2n) is 19.0. The SMILES string of the molecule is c1ccc(-c2nc(-c3ccc(-c4csc5ccccc45)cc3)nc(-c3ccc4c(c3)C3c5ccccc5C4c4cc(-c5nc(-c6ccccc6)nc(-c6ccc(-c7csc8ccccc78)cc6)n5)ccc43)n2)cc1. The van der Waals surface area contributed by atoms with Crippen LogP contribution in [0.4, 0.5) is 0 Å². The Hall–Kier alpha value is -9.08. The Morgan fingerprint density at radius 3 is 0.946 bits per heavy atom. The number of hydrogen-bond donors (Lipinski definition) is 0. The number of fused-ring (bicyclic) bond motifs is 2. The van der Waals surface area contributed by atoms with Crippen molar-refractivity contribution in [1.29, 1.82) is 0 Å². The molecule has 0 amide bonds. The molecule has 0 N–H and O–H groups in total. The van der Waals surface area contributed by atoms with Gasteiger partial charge < -0.3 is 0 Å². The molecule has 4 aromatic heterocycles. The highest BCUT2D eigenvalue weighted by molar-refractivity contribution is 7.18. The molecule has 4 heterocycles. The Labute approximate surface area is 435 Å². The van der Waals surface area contributed by atoms with Crippen LogP contribution in [0.2, 0.25) is 0 Å². The first-order chi connectivity index (χ1) is 36.6. The van der Waals surface area contributed by atoms with E-state index in [1.165, 1.54) is 75.8 Å². The van der Waals surface area contributed by atoms with E-state index in [1.807, 2.05) is 36.4 Å². The Bertz CT molecular complexity index is 4040. The molecule has 0 saturated carbocycles. The molecule has 9 aromatic carbocycles. The van der Waals surface area contributed by atoms with E-state index in [1.54, 1.807) is 22.7 Å². The largest absolute Gasteiger partial charge is 0.208 e. The van der Waals surface area contributed by atoms with Gasteiger partial charge in [-0.1, -0.05) is 194 Å². The second kappa shape index (κ2) is 17.3. The van der Waals surface area contributed by atoms with Gasteiger partial charge in [-0.3, -0.25) is 0 Å². The molecule has 0 saturated heterocycles. The molecule has 0 spiro atoms. The van der Waals surface area contributed by atoms with Gasteiger partial charge in [0.2, 0.25) is 0 Å². The molecule has 3 aliphatic carbocycles. The average Bonchev–Trinajstić information content (AvgIpc) is 4.17. The number of rotatable bonds is 8. The van der Waals surface area contributed by atoms with Crippen LogP contribution >= 0.6 is 22.7 Å². The Kier molecular flexibility index (Phi) is 9.96. The molecule has 2 unspecified atom stereocenters. The molecule has 3 aliphatic rings. The summed E-state index contributed by atoms with van der Waals surface area (Å²) in [5.41, 5.74) is 18.3. The van der Waals surface area contributed by atoms with Gasteiger partial charge in [0.25, 0.3) is 0 Å². The summed E-state index contributed by atoms with van der Waals surface area (Å²) in [5, 5.41) is 7.02. The van der Waals surface area contributed by atoms with Crippen LogP contribution in [0, 0.1) is 0 Å². The third kappa shape index (κ3) is 7.13. The van der Waals surface area contributed by atoms with Crippen molar-refractivity contribution < 1.29 is 0 Å². The van der Waals surface area contributed by atoms with Gasteiger partial charge in [0.1, 0.15) is 0 Å². The molecule has 346 valence electrons. The summed E-state index contributed by atoms with van der Waals surface area (Å²) in [6.45, 7) is 0. The first kappa shape index (κ1) is 42.6. The lowest BCUT2D eigenvalue weighted by atomic mass is 9.61. The summed E-state index contributed by atoms with van der Waals surface area (Å²) in [6, 6.07) is 77.4. The number of hydrogen-bond acceptors (Lipinski definition) is 8. The van der Waals surface area contributed by atoms with Crippen molar-refractivity contribution in [3.63, 3.8) is 0 Å². The third-order valence-electron chi connectivity index (χ3n) is 14.8. The quantitative estimate of drug-likeness (QED) is 0.151. The Morgan fingerprint density at radius 1 is 0.243 bits per heavy atom. The summed E-state index contributed by atoms with van der Waals surface area (Å²) in [4.78, 5) is 31.0. The van der Waals surface area contributed by atoms with Crippen molar-refractivity contribution in [2.75, 3.05) is 0 Å². The van der Waals surface area contributed by atoms with Crippen LogP contribution in [0.15, 0.2) is 229 Å². The van der Waals surface area contributed by atoms with E-state index in [-0.39, 0.29) is 11.8 Å². The molecular weight excluding hydrogens is 941 g/mol. The van der Waals surface area contributed by atoms with Gasteiger partial charge >= 0.3 is 0 Å². The number of aromatic nitrogens is 6. The molecule has 0 fully saturated rings. The maximum absolute atomic E-state index is 5.23. The molecule has 74 heavy (non-hydrogen) atoms. The predicted octanol–water partition coefficient (Wildman–Crippen LogP) is 16.8. The Morgan fingerprint density at radius 2 is 0.541 bits per heavy atom. The molecule has 2 bridgehead atoms. The second-order valence-corrected chi connectivity index (χ2v) is 20.8. The van der Waals surface area contributed by atoms with Gasteiger partial charge in [-0.2, -0.15) is 0 Å². The zero-order chi connectivity index (χ0) is 48.7. The van der Waals surface area contributed by atoms with E-state index >= 15 is 0 Å². The third-order valence-corrected chi connectivity index (χ3v) is 16.7. The number of benzene rings is 9. The highest BCUT2D eigenvalue weighted by Crippen LogP contribution is 2.56. The lowest BCUT2D eigenvalue weighted by Crippen LogP contribution is -2.27. The topological polar surface area (TPSA) is 77.3 Å². The van der Waals surface area contributed by atoms with Crippen molar-refractivity contribution in [2.45, 2.75) is 11.8 Å². The summed E-state index contributed by atoms with van der Waals surface area (Å²) < 4.78 is 2.56. The van der Waals surface area contributed by atoms with Crippen LogP contribution in [0.3, 0.4) is 0 Å².